The largest absolute Gasteiger partial charge is 0.293 e. The van der Waals surface area contributed by atoms with Gasteiger partial charge in [0, 0.05) is 11.8 Å². The maximum Gasteiger partial charge on any atom is 0.180 e. The van der Waals surface area contributed by atoms with Gasteiger partial charge in [-0.25, -0.2) is 12.8 Å². The average Bonchev–Trinajstić information content (AvgIpc) is 2.46. The lowest BCUT2D eigenvalue weighted by atomic mass is 10.0. The summed E-state index contributed by atoms with van der Waals surface area (Å²) in [5, 5.41) is 0. The number of carbonyl (C=O) groups is 1. The van der Waals surface area contributed by atoms with Crippen molar-refractivity contribution >= 4 is 31.6 Å². The van der Waals surface area contributed by atoms with Crippen LogP contribution in [0.3, 0.4) is 0 Å². The molecule has 2 rings (SSSR count). The molecule has 21 heavy (non-hydrogen) atoms. The van der Waals surface area contributed by atoms with Gasteiger partial charge < -0.3 is 0 Å². The smallest absolute Gasteiger partial charge is 0.180 e. The molecular weight excluding hydrogens is 359 g/mol. The summed E-state index contributed by atoms with van der Waals surface area (Å²) in [6, 6.07) is 11.3. The number of sulfone groups is 1. The van der Waals surface area contributed by atoms with Crippen LogP contribution in [-0.2, 0) is 9.84 Å². The highest BCUT2D eigenvalue weighted by atomic mass is 79.9. The highest BCUT2D eigenvalue weighted by Crippen LogP contribution is 2.27. The first-order chi connectivity index (χ1) is 9.79. The molecule has 6 heteroatoms. The third kappa shape index (κ3) is 3.77. The van der Waals surface area contributed by atoms with Gasteiger partial charge in [0.2, 0.25) is 0 Å². The number of rotatable bonds is 4. The van der Waals surface area contributed by atoms with E-state index >= 15 is 0 Å². The summed E-state index contributed by atoms with van der Waals surface area (Å²) < 4.78 is 35.6. The molecule has 0 aromatic heterocycles. The number of benzene rings is 2. The fourth-order valence-electron chi connectivity index (χ4n) is 1.80. The number of Topliss-reactive ketones (excluding diaryl/α,β-unsaturated/α-hetero) is 1. The highest BCUT2D eigenvalue weighted by molar-refractivity contribution is 9.09. The number of carbonyl (C=O) groups excluding carboxylic acids is 1. The van der Waals surface area contributed by atoms with Gasteiger partial charge in [0.25, 0.3) is 0 Å². The zero-order valence-corrected chi connectivity index (χ0v) is 13.5. The van der Waals surface area contributed by atoms with Crippen molar-refractivity contribution in [2.45, 2.75) is 9.72 Å². The lowest BCUT2D eigenvalue weighted by Gasteiger charge is -2.09. The molecule has 0 fully saturated rings. The second-order valence-corrected chi connectivity index (χ2v) is 7.51. The van der Waals surface area contributed by atoms with E-state index in [-0.39, 0.29) is 16.5 Å². The van der Waals surface area contributed by atoms with Gasteiger partial charge in [0.05, 0.1) is 4.90 Å². The number of ketones is 1. The third-order valence-corrected chi connectivity index (χ3v) is 5.03. The van der Waals surface area contributed by atoms with Gasteiger partial charge >= 0.3 is 0 Å². The van der Waals surface area contributed by atoms with E-state index in [0.717, 1.165) is 6.26 Å². The van der Waals surface area contributed by atoms with E-state index < -0.39 is 14.7 Å². The molecule has 2 aromatic carbocycles. The van der Waals surface area contributed by atoms with Gasteiger partial charge in [0.15, 0.2) is 15.6 Å². The Balaban J connectivity index is 2.25. The molecule has 0 aliphatic rings. The summed E-state index contributed by atoms with van der Waals surface area (Å²) in [7, 11) is -3.29. The van der Waals surface area contributed by atoms with Gasteiger partial charge in [-0.1, -0.05) is 40.2 Å². The topological polar surface area (TPSA) is 51.2 Å². The molecule has 0 aliphatic carbocycles. The maximum absolute atomic E-state index is 12.9. The molecule has 0 spiro atoms. The second kappa shape index (κ2) is 6.07. The molecule has 0 amide bonds. The van der Waals surface area contributed by atoms with Crippen molar-refractivity contribution in [1.82, 2.24) is 0 Å². The van der Waals surface area contributed by atoms with Crippen LogP contribution in [0.2, 0.25) is 0 Å². The van der Waals surface area contributed by atoms with E-state index in [1.807, 2.05) is 0 Å². The summed E-state index contributed by atoms with van der Waals surface area (Å²) in [6.45, 7) is 0. The predicted molar refractivity (Wildman–Crippen MR) is 82.0 cm³/mol. The molecule has 1 atom stereocenters. The summed E-state index contributed by atoms with van der Waals surface area (Å²) in [5.41, 5.74) is 1.02. The molecule has 3 nitrogen and oxygen atoms in total. The minimum Gasteiger partial charge on any atom is -0.293 e. The maximum atomic E-state index is 12.9. The van der Waals surface area contributed by atoms with E-state index in [9.17, 15) is 17.6 Å². The molecule has 110 valence electrons. The van der Waals surface area contributed by atoms with Gasteiger partial charge in [-0.05, 0) is 29.8 Å². The fourth-order valence-corrected chi connectivity index (χ4v) is 3.00. The van der Waals surface area contributed by atoms with Gasteiger partial charge in [0.1, 0.15) is 10.6 Å². The van der Waals surface area contributed by atoms with Crippen LogP contribution in [0, 0.1) is 5.82 Å². The van der Waals surface area contributed by atoms with Crippen molar-refractivity contribution in [3.63, 3.8) is 0 Å². The number of alkyl halides is 1. The van der Waals surface area contributed by atoms with Crippen LogP contribution in [0.5, 0.6) is 0 Å². The third-order valence-electron chi connectivity index (χ3n) is 2.96. The lowest BCUT2D eigenvalue weighted by Crippen LogP contribution is -2.07. The Hall–Kier alpha value is -1.53. The van der Waals surface area contributed by atoms with Gasteiger partial charge in [-0.2, -0.15) is 0 Å². The summed E-state index contributed by atoms with van der Waals surface area (Å²) in [4.78, 5) is 11.9. The second-order valence-electron chi connectivity index (χ2n) is 4.57. The molecule has 0 aliphatic heterocycles. The Morgan fingerprint density at radius 1 is 1.05 bits per heavy atom. The lowest BCUT2D eigenvalue weighted by molar-refractivity contribution is 0.0991. The fraction of sp³-hybridized carbons (Fsp3) is 0.133. The van der Waals surface area contributed by atoms with Crippen molar-refractivity contribution in [1.29, 1.82) is 0 Å². The number of hydrogen-bond acceptors (Lipinski definition) is 3. The minimum absolute atomic E-state index is 0.159. The summed E-state index contributed by atoms with van der Waals surface area (Å²) >= 11 is 3.28. The minimum atomic E-state index is -3.29. The predicted octanol–water partition coefficient (Wildman–Crippen LogP) is 3.55. The Labute approximate surface area is 130 Å². The van der Waals surface area contributed by atoms with Crippen LogP contribution < -0.4 is 0 Å². The zero-order chi connectivity index (χ0) is 15.6. The Kier molecular flexibility index (Phi) is 4.58. The quantitative estimate of drug-likeness (QED) is 0.610. The highest BCUT2D eigenvalue weighted by Gasteiger charge is 2.19. The molecule has 0 saturated carbocycles. The van der Waals surface area contributed by atoms with E-state index in [1.165, 1.54) is 48.5 Å². The zero-order valence-electron chi connectivity index (χ0n) is 11.1. The standard InChI is InChI=1S/C15H12BrFO3S/c1-21(19,20)13-8-4-11(5-9-13)15(18)14(16)10-2-6-12(17)7-3-10/h2-9,14H,1H3/t14-/m0/s1. The Morgan fingerprint density at radius 2 is 1.57 bits per heavy atom. The number of hydrogen-bond donors (Lipinski definition) is 0. The molecule has 2 aromatic rings. The summed E-state index contributed by atoms with van der Waals surface area (Å²) in [5.74, 6) is -0.593. The van der Waals surface area contributed by atoms with E-state index in [0.29, 0.717) is 11.1 Å². The van der Waals surface area contributed by atoms with Crippen molar-refractivity contribution in [2.24, 2.45) is 0 Å². The molecule has 0 radical (unpaired) electrons. The van der Waals surface area contributed by atoms with Crippen molar-refractivity contribution in [3.05, 3.63) is 65.5 Å². The van der Waals surface area contributed by atoms with Crippen LogP contribution in [0.15, 0.2) is 53.4 Å². The summed E-state index contributed by atoms with van der Waals surface area (Å²) in [6.07, 6.45) is 1.11. The van der Waals surface area contributed by atoms with E-state index in [1.54, 1.807) is 0 Å². The van der Waals surface area contributed by atoms with Crippen molar-refractivity contribution in [2.75, 3.05) is 6.26 Å². The molecule has 0 bridgehead atoms. The van der Waals surface area contributed by atoms with E-state index in [2.05, 4.69) is 15.9 Å². The number of halogens is 2. The Bertz CT molecular complexity index is 753. The monoisotopic (exact) mass is 370 g/mol. The van der Waals surface area contributed by atoms with Crippen LogP contribution >= 0.6 is 15.9 Å². The van der Waals surface area contributed by atoms with Crippen LogP contribution in [-0.4, -0.2) is 20.5 Å². The van der Waals surface area contributed by atoms with Crippen LogP contribution in [0.25, 0.3) is 0 Å². The van der Waals surface area contributed by atoms with Crippen molar-refractivity contribution in [3.8, 4) is 0 Å². The van der Waals surface area contributed by atoms with Crippen LogP contribution in [0.4, 0.5) is 4.39 Å². The average molecular weight is 371 g/mol. The molecule has 0 unspecified atom stereocenters. The van der Waals surface area contributed by atoms with Gasteiger partial charge in [-0.3, -0.25) is 4.79 Å². The van der Waals surface area contributed by atoms with Crippen LogP contribution in [0.1, 0.15) is 20.7 Å². The van der Waals surface area contributed by atoms with Gasteiger partial charge in [-0.15, -0.1) is 0 Å². The molecule has 0 N–H and O–H groups in total. The first-order valence-corrected chi connectivity index (χ1v) is 8.83. The molecule has 0 saturated heterocycles. The first-order valence-electron chi connectivity index (χ1n) is 6.03. The van der Waals surface area contributed by atoms with Crippen molar-refractivity contribution < 1.29 is 17.6 Å². The van der Waals surface area contributed by atoms with E-state index in [4.69, 9.17) is 0 Å². The Morgan fingerprint density at radius 3 is 2.05 bits per heavy atom. The molecule has 0 heterocycles. The normalized spacial score (nSPS) is 12.9. The molecular formula is C15H12BrFO3S. The SMILES string of the molecule is CS(=O)(=O)c1ccc(C(=O)[C@@H](Br)c2ccc(F)cc2)cc1. The first kappa shape index (κ1) is 15.9.